The zero-order chi connectivity index (χ0) is 41.4. The van der Waals surface area contributed by atoms with E-state index in [1.807, 2.05) is 48.5 Å². The zero-order valence-corrected chi connectivity index (χ0v) is 44.4. The number of hydrogen-bond donors (Lipinski definition) is 0. The van der Waals surface area contributed by atoms with Crippen molar-refractivity contribution in [2.24, 2.45) is 23.7 Å². The van der Waals surface area contributed by atoms with Crippen molar-refractivity contribution in [1.82, 2.24) is 0 Å². The van der Waals surface area contributed by atoms with Gasteiger partial charge >= 0.3 is 83.7 Å². The molecule has 0 aliphatic heterocycles. The van der Waals surface area contributed by atoms with Gasteiger partial charge in [0.25, 0.3) is 0 Å². The molecule has 0 radical (unpaired) electrons. The van der Waals surface area contributed by atoms with E-state index in [9.17, 15) is 0 Å². The van der Waals surface area contributed by atoms with Gasteiger partial charge in [0, 0.05) is 23.0 Å². The van der Waals surface area contributed by atoms with Gasteiger partial charge in [-0.15, -0.1) is 22.3 Å². The molecule has 4 aromatic heterocycles. The number of hydrogen-bond acceptors (Lipinski definition) is 4. The molecule has 4 aliphatic rings. The smallest absolute Gasteiger partial charge is 1.00 e. The van der Waals surface area contributed by atoms with Crippen molar-refractivity contribution >= 4 is 33.2 Å². The van der Waals surface area contributed by atoms with Gasteiger partial charge in [-0.1, -0.05) is 103 Å². The molecule has 0 N–H and O–H groups in total. The molecule has 4 unspecified atom stereocenters. The third-order valence-electron chi connectivity index (χ3n) is 8.85. The SMILES string of the molecule is CC1=CC(c2ccco2)=[C-]C1C.CC1=CC(c2ccco2)=[C-]C1C.CC1=CC(c2ccco2)=[C-]C1C.CC1=CC(c2ccco2)=[C-]C1C.C[Si](C)=[Zr+2].C[Si](C)=[Zr+2].[Cl-].[Cl-]. The Morgan fingerprint density at radius 2 is 0.586 bits per heavy atom. The van der Waals surface area contributed by atoms with Gasteiger partial charge < -0.3 is 42.5 Å². The van der Waals surface area contributed by atoms with Gasteiger partial charge in [-0.3, -0.25) is 0 Å². The second-order valence-electron chi connectivity index (χ2n) is 14.6. The standard InChI is InChI=1S/4C11H11O.2C2H6Si.2ClH.2Zr/c4*1-8-6-10(7-9(8)2)11-4-3-5-12-11;2*1-3-2;;;;/h4*3-6,9H,1-2H3;2*1-2H3;2*1H;;/q4*-1;;;;;2*+2/p-2. The normalized spacial score (nSPS) is 19.4. The summed E-state index contributed by atoms with van der Waals surface area (Å²) >= 11 is 3.48. The van der Waals surface area contributed by atoms with Crippen molar-refractivity contribution in [3.63, 3.8) is 0 Å². The topological polar surface area (TPSA) is 52.6 Å². The van der Waals surface area contributed by atoms with Crippen LogP contribution in [0.15, 0.2) is 138 Å². The Kier molecular flexibility index (Phi) is 25.6. The van der Waals surface area contributed by atoms with E-state index < -0.39 is 0 Å². The third-order valence-corrected chi connectivity index (χ3v) is 8.85. The van der Waals surface area contributed by atoms with Gasteiger partial charge in [0.15, 0.2) is 0 Å². The minimum Gasteiger partial charge on any atom is -1.00 e. The first-order chi connectivity index (χ1) is 26.5. The second kappa shape index (κ2) is 27.6. The van der Waals surface area contributed by atoms with E-state index >= 15 is 0 Å². The molecule has 8 rings (SSSR count). The molecule has 4 aromatic rings. The molecule has 0 saturated carbocycles. The summed E-state index contributed by atoms with van der Waals surface area (Å²) in [6.45, 7) is 26.3. The molecular weight excluding hydrogens is 950 g/mol. The van der Waals surface area contributed by atoms with Crippen LogP contribution in [0.1, 0.15) is 78.4 Å². The maximum Gasteiger partial charge on any atom is -1.00 e. The van der Waals surface area contributed by atoms with Gasteiger partial charge in [-0.2, -0.15) is 70.9 Å². The van der Waals surface area contributed by atoms with Crippen LogP contribution in [0.3, 0.4) is 0 Å². The van der Waals surface area contributed by atoms with Crippen LogP contribution in [0.4, 0.5) is 0 Å². The van der Waals surface area contributed by atoms with Crippen LogP contribution >= 0.6 is 0 Å². The molecule has 58 heavy (non-hydrogen) atoms. The van der Waals surface area contributed by atoms with Crippen LogP contribution in [0.25, 0.3) is 22.3 Å². The van der Waals surface area contributed by atoms with Crippen LogP contribution in [-0.2, 0) is 46.7 Å². The van der Waals surface area contributed by atoms with E-state index in [1.165, 1.54) is 22.3 Å². The Balaban J connectivity index is 0.000000360. The van der Waals surface area contributed by atoms with Crippen molar-refractivity contribution < 1.29 is 89.2 Å². The van der Waals surface area contributed by atoms with Crippen molar-refractivity contribution in [1.29, 1.82) is 0 Å². The van der Waals surface area contributed by atoms with Crippen LogP contribution in [0.5, 0.6) is 0 Å². The molecule has 10 heteroatoms. The molecule has 4 nitrogen and oxygen atoms in total. The van der Waals surface area contributed by atoms with E-state index in [0.29, 0.717) is 23.7 Å². The molecule has 4 atom stereocenters. The summed E-state index contributed by atoms with van der Waals surface area (Å²) in [5.41, 5.74) is 10.2. The predicted molar refractivity (Wildman–Crippen MR) is 228 cm³/mol. The monoisotopic (exact) mass is 1000 g/mol. The summed E-state index contributed by atoms with van der Waals surface area (Å²) in [7, 11) is 0. The fourth-order valence-electron chi connectivity index (χ4n) is 5.26. The second-order valence-corrected chi connectivity index (χ2v) is 33.3. The van der Waals surface area contributed by atoms with Crippen molar-refractivity contribution in [2.75, 3.05) is 0 Å². The molecule has 4 heterocycles. The summed E-state index contributed by atoms with van der Waals surface area (Å²) < 4.78 is 21.1. The predicted octanol–water partition coefficient (Wildman–Crippen LogP) is 7.83. The molecule has 4 aliphatic carbocycles. The molecule has 0 bridgehead atoms. The maximum atomic E-state index is 5.27. The first-order valence-corrected chi connectivity index (χ1v) is 31.4. The van der Waals surface area contributed by atoms with Crippen molar-refractivity contribution in [3.05, 3.63) is 168 Å². The molecule has 0 saturated heterocycles. The fourth-order valence-corrected chi connectivity index (χ4v) is 5.26. The largest absolute Gasteiger partial charge is 1.00 e. The Hall–Kier alpha value is -2.18. The first-order valence-electron chi connectivity index (χ1n) is 19.0. The molecule has 0 spiro atoms. The van der Waals surface area contributed by atoms with E-state index in [2.05, 4.69) is 130 Å². The van der Waals surface area contributed by atoms with Crippen LogP contribution in [0.2, 0.25) is 26.2 Å². The molecular formula is C48H56Cl2O4Si2Zr2-2. The van der Waals surface area contributed by atoms with Crippen LogP contribution in [-0.4, -0.2) is 10.9 Å². The number of furan rings is 4. The van der Waals surface area contributed by atoms with Crippen LogP contribution < -0.4 is 24.8 Å². The van der Waals surface area contributed by atoms with E-state index in [-0.39, 0.29) is 35.7 Å². The third kappa shape index (κ3) is 18.6. The first kappa shape index (κ1) is 53.8. The summed E-state index contributed by atoms with van der Waals surface area (Å²) in [6.07, 6.45) is 28.6. The Morgan fingerprint density at radius 1 is 0.414 bits per heavy atom. The van der Waals surface area contributed by atoms with Crippen molar-refractivity contribution in [3.8, 4) is 0 Å². The average molecular weight is 1010 g/mol. The van der Waals surface area contributed by atoms with Crippen molar-refractivity contribution in [2.45, 2.75) is 81.6 Å². The fraction of sp³-hybridized carbons (Fsp3) is 0.333. The zero-order valence-electron chi connectivity index (χ0n) is 35.9. The molecule has 0 aromatic carbocycles. The summed E-state index contributed by atoms with van der Waals surface area (Å²) in [6, 6.07) is 15.4. The summed E-state index contributed by atoms with van der Waals surface area (Å²) in [4.78, 5) is 0. The Labute approximate surface area is 391 Å². The van der Waals surface area contributed by atoms with Gasteiger partial charge in [-0.05, 0) is 24.3 Å². The van der Waals surface area contributed by atoms with Gasteiger partial charge in [-0.25, -0.2) is 0 Å². The molecule has 0 fully saturated rings. The van der Waals surface area contributed by atoms with E-state index in [1.54, 1.807) is 71.7 Å². The quantitative estimate of drug-likeness (QED) is 0.155. The van der Waals surface area contributed by atoms with E-state index in [0.717, 1.165) is 45.3 Å². The van der Waals surface area contributed by atoms with E-state index in [4.69, 9.17) is 17.7 Å². The minimum absolute atomic E-state index is 0. The molecule has 304 valence electrons. The summed E-state index contributed by atoms with van der Waals surface area (Å²) in [5.74, 6) is 5.40. The average Bonchev–Trinajstić information content (AvgIpc) is 3.98. The van der Waals surface area contributed by atoms with Crippen LogP contribution in [0, 0.1) is 48.0 Å². The number of halogens is 2. The molecule has 0 amide bonds. The maximum absolute atomic E-state index is 5.27. The van der Waals surface area contributed by atoms with Gasteiger partial charge in [0.05, 0.1) is 25.1 Å². The number of rotatable bonds is 4. The summed E-state index contributed by atoms with van der Waals surface area (Å²) in [5, 5.41) is 0. The Bertz CT molecular complexity index is 1810. The van der Waals surface area contributed by atoms with Gasteiger partial charge in [0.2, 0.25) is 0 Å². The number of allylic oxidation sites excluding steroid dienone is 16. The minimum atomic E-state index is 0. The van der Waals surface area contributed by atoms with Gasteiger partial charge in [0.1, 0.15) is 0 Å². The Morgan fingerprint density at radius 3 is 0.690 bits per heavy atom.